The molecule has 5 nitrogen and oxygen atoms in total. The van der Waals surface area contributed by atoms with Crippen LogP contribution in [-0.4, -0.2) is 30.3 Å². The van der Waals surface area contributed by atoms with Gasteiger partial charge < -0.3 is 14.6 Å². The Kier molecular flexibility index (Phi) is 3.66. The van der Waals surface area contributed by atoms with Crippen LogP contribution in [0.15, 0.2) is 36.5 Å². The minimum absolute atomic E-state index is 0.0178. The summed E-state index contributed by atoms with van der Waals surface area (Å²) >= 11 is 0. The maximum absolute atomic E-state index is 10.7. The fraction of sp³-hybridized carbons (Fsp3) is 0.143. The molecule has 1 aromatic carbocycles. The second kappa shape index (κ2) is 5.39. The molecule has 0 unspecified atom stereocenters. The average molecular weight is 259 g/mol. The van der Waals surface area contributed by atoms with Crippen molar-refractivity contribution >= 4 is 5.97 Å². The minimum atomic E-state index is -1.04. The Morgan fingerprint density at radius 3 is 2.26 bits per heavy atom. The quantitative estimate of drug-likeness (QED) is 0.913. The zero-order valence-electron chi connectivity index (χ0n) is 10.6. The molecule has 0 spiro atoms. The normalized spacial score (nSPS) is 10.0. The number of methoxy groups -OCH3 is 2. The van der Waals surface area contributed by atoms with Gasteiger partial charge in [0.2, 0.25) is 0 Å². The van der Waals surface area contributed by atoms with Gasteiger partial charge in [-0.3, -0.25) is 0 Å². The van der Waals surface area contributed by atoms with Gasteiger partial charge in [0.05, 0.1) is 14.2 Å². The van der Waals surface area contributed by atoms with Crippen molar-refractivity contribution in [2.75, 3.05) is 14.2 Å². The molecule has 1 heterocycles. The molecule has 98 valence electrons. The zero-order valence-corrected chi connectivity index (χ0v) is 10.6. The second-order valence-corrected chi connectivity index (χ2v) is 3.81. The summed E-state index contributed by atoms with van der Waals surface area (Å²) in [6.07, 6.45) is 1.52. The Morgan fingerprint density at radius 2 is 1.74 bits per heavy atom. The lowest BCUT2D eigenvalue weighted by atomic mass is 10.1. The summed E-state index contributed by atoms with van der Waals surface area (Å²) in [4.78, 5) is 14.6. The van der Waals surface area contributed by atoms with E-state index < -0.39 is 5.97 Å². The van der Waals surface area contributed by atoms with Crippen LogP contribution in [0.5, 0.6) is 11.5 Å². The standard InChI is InChI=1S/C14H13NO4/c1-18-12-6-4-9(7-13(12)19-2)10-3-5-11(14(16)17)15-8-10/h3-8H,1-2H3,(H,16,17). The van der Waals surface area contributed by atoms with Crippen molar-refractivity contribution in [2.24, 2.45) is 0 Å². The van der Waals surface area contributed by atoms with Crippen LogP contribution < -0.4 is 9.47 Å². The number of aromatic carboxylic acids is 1. The van der Waals surface area contributed by atoms with E-state index in [-0.39, 0.29) is 5.69 Å². The molecule has 5 heteroatoms. The van der Waals surface area contributed by atoms with Crippen LogP contribution in [0.1, 0.15) is 10.5 Å². The number of carbonyl (C=O) groups is 1. The van der Waals surface area contributed by atoms with Crippen molar-refractivity contribution in [1.82, 2.24) is 4.98 Å². The molecule has 0 radical (unpaired) electrons. The summed E-state index contributed by atoms with van der Waals surface area (Å²) in [6, 6.07) is 8.64. The Hall–Kier alpha value is -2.56. The van der Waals surface area contributed by atoms with Gasteiger partial charge in [0, 0.05) is 11.8 Å². The lowest BCUT2D eigenvalue weighted by molar-refractivity contribution is 0.0690. The van der Waals surface area contributed by atoms with Gasteiger partial charge in [0.1, 0.15) is 5.69 Å². The molecule has 0 fully saturated rings. The van der Waals surface area contributed by atoms with E-state index in [0.29, 0.717) is 11.5 Å². The highest BCUT2D eigenvalue weighted by Gasteiger charge is 2.08. The molecular weight excluding hydrogens is 246 g/mol. The van der Waals surface area contributed by atoms with Crippen LogP contribution in [0.4, 0.5) is 0 Å². The van der Waals surface area contributed by atoms with E-state index in [1.165, 1.54) is 12.3 Å². The van der Waals surface area contributed by atoms with E-state index in [1.807, 2.05) is 12.1 Å². The third-order valence-corrected chi connectivity index (χ3v) is 2.70. The van der Waals surface area contributed by atoms with Gasteiger partial charge in [0.25, 0.3) is 0 Å². The maximum Gasteiger partial charge on any atom is 0.354 e. The molecule has 2 rings (SSSR count). The second-order valence-electron chi connectivity index (χ2n) is 3.81. The summed E-state index contributed by atoms with van der Waals surface area (Å²) < 4.78 is 10.4. The van der Waals surface area contributed by atoms with Crippen LogP contribution in [0.25, 0.3) is 11.1 Å². The summed E-state index contributed by atoms with van der Waals surface area (Å²) in [5.74, 6) is 0.211. The van der Waals surface area contributed by atoms with Crippen LogP contribution >= 0.6 is 0 Å². The first-order valence-corrected chi connectivity index (χ1v) is 5.57. The summed E-state index contributed by atoms with van der Waals surface area (Å²) in [6.45, 7) is 0. The molecule has 0 saturated carbocycles. The number of benzene rings is 1. The number of nitrogens with zero attached hydrogens (tertiary/aromatic N) is 1. The molecule has 0 aliphatic rings. The zero-order chi connectivity index (χ0) is 13.8. The number of carboxylic acids is 1. The van der Waals surface area contributed by atoms with Crippen LogP contribution in [-0.2, 0) is 0 Å². The monoisotopic (exact) mass is 259 g/mol. The van der Waals surface area contributed by atoms with Gasteiger partial charge in [-0.1, -0.05) is 12.1 Å². The largest absolute Gasteiger partial charge is 0.493 e. The SMILES string of the molecule is COc1ccc(-c2ccc(C(=O)O)nc2)cc1OC. The fourth-order valence-electron chi connectivity index (χ4n) is 1.71. The topological polar surface area (TPSA) is 68.7 Å². The molecule has 1 N–H and O–H groups in total. The van der Waals surface area contributed by atoms with Crippen molar-refractivity contribution in [2.45, 2.75) is 0 Å². The van der Waals surface area contributed by atoms with E-state index in [9.17, 15) is 4.79 Å². The van der Waals surface area contributed by atoms with Crippen molar-refractivity contribution in [3.05, 3.63) is 42.2 Å². The summed E-state index contributed by atoms with van der Waals surface area (Å²) in [7, 11) is 3.13. The van der Waals surface area contributed by atoms with E-state index in [1.54, 1.807) is 26.4 Å². The smallest absolute Gasteiger partial charge is 0.354 e. The van der Waals surface area contributed by atoms with Crippen molar-refractivity contribution in [3.8, 4) is 22.6 Å². The minimum Gasteiger partial charge on any atom is -0.493 e. The molecular formula is C14H13NO4. The molecule has 0 aliphatic carbocycles. The molecule has 0 amide bonds. The van der Waals surface area contributed by atoms with Crippen LogP contribution in [0.2, 0.25) is 0 Å². The third-order valence-electron chi connectivity index (χ3n) is 2.70. The number of hydrogen-bond donors (Lipinski definition) is 1. The first-order chi connectivity index (χ1) is 9.15. The molecule has 0 aliphatic heterocycles. The first-order valence-electron chi connectivity index (χ1n) is 5.57. The molecule has 0 bridgehead atoms. The third kappa shape index (κ3) is 2.65. The molecule has 1 aromatic heterocycles. The molecule has 0 saturated heterocycles. The average Bonchev–Trinajstić information content (AvgIpc) is 2.46. The fourth-order valence-corrected chi connectivity index (χ4v) is 1.71. The number of pyridine rings is 1. The predicted octanol–water partition coefficient (Wildman–Crippen LogP) is 2.46. The molecule has 2 aromatic rings. The molecule has 19 heavy (non-hydrogen) atoms. The maximum atomic E-state index is 10.7. The van der Waals surface area contributed by atoms with Crippen molar-refractivity contribution < 1.29 is 19.4 Å². The van der Waals surface area contributed by atoms with Gasteiger partial charge in [-0.2, -0.15) is 0 Å². The first kappa shape index (κ1) is 12.9. The number of carboxylic acid groups (broad SMARTS) is 1. The Balaban J connectivity index is 2.38. The van der Waals surface area contributed by atoms with E-state index >= 15 is 0 Å². The number of ether oxygens (including phenoxy) is 2. The van der Waals surface area contributed by atoms with Crippen LogP contribution in [0.3, 0.4) is 0 Å². The predicted molar refractivity (Wildman–Crippen MR) is 69.7 cm³/mol. The van der Waals surface area contributed by atoms with E-state index in [4.69, 9.17) is 14.6 Å². The van der Waals surface area contributed by atoms with Gasteiger partial charge in [-0.25, -0.2) is 9.78 Å². The lowest BCUT2D eigenvalue weighted by Gasteiger charge is -2.09. The Morgan fingerprint density at radius 1 is 1.05 bits per heavy atom. The highest BCUT2D eigenvalue weighted by molar-refractivity contribution is 5.85. The van der Waals surface area contributed by atoms with Gasteiger partial charge in [-0.05, 0) is 23.8 Å². The van der Waals surface area contributed by atoms with Gasteiger partial charge in [-0.15, -0.1) is 0 Å². The Labute approximate surface area is 110 Å². The molecule has 0 atom stereocenters. The number of hydrogen-bond acceptors (Lipinski definition) is 4. The van der Waals surface area contributed by atoms with E-state index in [2.05, 4.69) is 4.98 Å². The van der Waals surface area contributed by atoms with Crippen molar-refractivity contribution in [1.29, 1.82) is 0 Å². The Bertz CT molecular complexity index is 593. The lowest BCUT2D eigenvalue weighted by Crippen LogP contribution is -1.99. The highest BCUT2D eigenvalue weighted by Crippen LogP contribution is 2.31. The summed E-state index contributed by atoms with van der Waals surface area (Å²) in [5, 5.41) is 8.80. The van der Waals surface area contributed by atoms with Crippen LogP contribution in [0, 0.1) is 0 Å². The van der Waals surface area contributed by atoms with Crippen molar-refractivity contribution in [3.63, 3.8) is 0 Å². The van der Waals surface area contributed by atoms with Gasteiger partial charge in [0.15, 0.2) is 11.5 Å². The van der Waals surface area contributed by atoms with E-state index in [0.717, 1.165) is 11.1 Å². The number of aromatic nitrogens is 1. The number of rotatable bonds is 4. The van der Waals surface area contributed by atoms with Gasteiger partial charge >= 0.3 is 5.97 Å². The summed E-state index contributed by atoms with van der Waals surface area (Å²) in [5.41, 5.74) is 1.71. The highest BCUT2D eigenvalue weighted by atomic mass is 16.5.